The Morgan fingerprint density at radius 2 is 1.59 bits per heavy atom. The van der Waals surface area contributed by atoms with Gasteiger partial charge in [0.05, 0.1) is 20.2 Å². The first-order valence-corrected chi connectivity index (χ1v) is 12.0. The molecule has 0 aliphatic carbocycles. The zero-order valence-electron chi connectivity index (χ0n) is 20.8. The Hall–Kier alpha value is -4.47. The van der Waals surface area contributed by atoms with Crippen LogP contribution >= 0.6 is 0 Å². The molecule has 0 aliphatic heterocycles. The molecule has 2 heterocycles. The van der Waals surface area contributed by atoms with Crippen molar-refractivity contribution >= 4 is 11.8 Å². The van der Waals surface area contributed by atoms with Gasteiger partial charge < -0.3 is 15.4 Å². The molecule has 4 aromatic rings. The molecule has 9 nitrogen and oxygen atoms in total. The minimum atomic E-state index is -0.696. The molecule has 0 amide bonds. The molecule has 0 saturated carbocycles. The van der Waals surface area contributed by atoms with Crippen molar-refractivity contribution in [3.8, 4) is 5.75 Å². The van der Waals surface area contributed by atoms with Crippen molar-refractivity contribution in [1.82, 2.24) is 19.1 Å². The average Bonchev–Trinajstić information content (AvgIpc) is 2.92. The van der Waals surface area contributed by atoms with E-state index in [0.717, 1.165) is 34.5 Å². The van der Waals surface area contributed by atoms with Gasteiger partial charge in [-0.15, -0.1) is 0 Å². The van der Waals surface area contributed by atoms with E-state index in [2.05, 4.69) is 27.5 Å². The van der Waals surface area contributed by atoms with Crippen LogP contribution in [0.25, 0.3) is 0 Å². The smallest absolute Gasteiger partial charge is 0.355 e. The van der Waals surface area contributed by atoms with Gasteiger partial charge in [0.15, 0.2) is 0 Å². The summed E-state index contributed by atoms with van der Waals surface area (Å²) in [5.74, 6) is 1.17. The average molecular weight is 505 g/mol. The van der Waals surface area contributed by atoms with Gasteiger partial charge in [0.2, 0.25) is 5.95 Å². The fourth-order valence-electron chi connectivity index (χ4n) is 3.79. The molecule has 0 aliphatic rings. The highest BCUT2D eigenvalue weighted by Gasteiger charge is 2.15. The molecule has 0 bridgehead atoms. The van der Waals surface area contributed by atoms with E-state index in [9.17, 15) is 14.0 Å². The Balaban J connectivity index is 1.69. The van der Waals surface area contributed by atoms with E-state index >= 15 is 0 Å². The highest BCUT2D eigenvalue weighted by atomic mass is 19.1. The lowest BCUT2D eigenvalue weighted by molar-refractivity contribution is 0.414. The number of hydrogen-bond donors (Lipinski definition) is 2. The van der Waals surface area contributed by atoms with Gasteiger partial charge in [-0.25, -0.2) is 23.5 Å². The first-order valence-electron chi connectivity index (χ1n) is 12.0. The van der Waals surface area contributed by atoms with Crippen molar-refractivity contribution in [2.45, 2.75) is 33.0 Å². The van der Waals surface area contributed by atoms with E-state index < -0.39 is 17.2 Å². The number of aromatic nitrogens is 4. The van der Waals surface area contributed by atoms with E-state index in [1.165, 1.54) is 28.8 Å². The van der Waals surface area contributed by atoms with Gasteiger partial charge in [-0.3, -0.25) is 4.57 Å². The van der Waals surface area contributed by atoms with Crippen LogP contribution in [0.4, 0.5) is 16.2 Å². The molecular formula is C27H29FN6O3. The van der Waals surface area contributed by atoms with Crippen LogP contribution in [-0.4, -0.2) is 32.8 Å². The van der Waals surface area contributed by atoms with Crippen molar-refractivity contribution in [3.63, 3.8) is 0 Å². The molecule has 2 aromatic heterocycles. The first-order chi connectivity index (χ1) is 18.0. The van der Waals surface area contributed by atoms with Gasteiger partial charge in [-0.05, 0) is 47.9 Å². The zero-order chi connectivity index (χ0) is 26.2. The van der Waals surface area contributed by atoms with Crippen LogP contribution in [0.3, 0.4) is 0 Å². The summed E-state index contributed by atoms with van der Waals surface area (Å²) in [6.45, 7) is 3.29. The lowest BCUT2D eigenvalue weighted by Gasteiger charge is -2.17. The third-order valence-corrected chi connectivity index (χ3v) is 5.77. The summed E-state index contributed by atoms with van der Waals surface area (Å²) in [5, 5.41) is 6.44. The van der Waals surface area contributed by atoms with Crippen LogP contribution in [0.15, 0.2) is 76.4 Å². The summed E-state index contributed by atoms with van der Waals surface area (Å²) >= 11 is 0. The van der Waals surface area contributed by atoms with Crippen LogP contribution in [0, 0.1) is 5.82 Å². The molecule has 0 saturated heterocycles. The fraction of sp³-hybridized carbons (Fsp3) is 0.259. The van der Waals surface area contributed by atoms with E-state index in [1.807, 2.05) is 24.3 Å². The molecule has 0 radical (unpaired) electrons. The lowest BCUT2D eigenvalue weighted by Crippen LogP contribution is -2.43. The van der Waals surface area contributed by atoms with Gasteiger partial charge >= 0.3 is 11.4 Å². The fourth-order valence-corrected chi connectivity index (χ4v) is 3.79. The maximum atomic E-state index is 13.6. The number of ether oxygens (including phenoxy) is 1. The quantitative estimate of drug-likeness (QED) is 0.322. The molecule has 10 heteroatoms. The SMILES string of the molecule is CCCNc1ncccc1CNc1nc(=O)n(Cc2ccc(F)cc2)c(=O)n1Cc1ccc(OC)cc1. The molecule has 0 unspecified atom stereocenters. The van der Waals surface area contributed by atoms with Crippen molar-refractivity contribution in [1.29, 1.82) is 0 Å². The number of methoxy groups -OCH3 is 1. The maximum absolute atomic E-state index is 13.6. The van der Waals surface area contributed by atoms with Crippen LogP contribution in [0.5, 0.6) is 5.75 Å². The Morgan fingerprint density at radius 1 is 0.919 bits per heavy atom. The number of benzene rings is 2. The second kappa shape index (κ2) is 12.0. The summed E-state index contributed by atoms with van der Waals surface area (Å²) < 4.78 is 21.0. The molecule has 0 spiro atoms. The van der Waals surface area contributed by atoms with Crippen LogP contribution in [0.1, 0.15) is 30.0 Å². The summed E-state index contributed by atoms with van der Waals surface area (Å²) in [5.41, 5.74) is 1.08. The van der Waals surface area contributed by atoms with E-state index in [-0.39, 0.29) is 19.0 Å². The summed E-state index contributed by atoms with van der Waals surface area (Å²) in [7, 11) is 1.58. The minimum Gasteiger partial charge on any atom is -0.497 e. The van der Waals surface area contributed by atoms with Crippen molar-refractivity contribution in [2.75, 3.05) is 24.3 Å². The minimum absolute atomic E-state index is 0.0263. The van der Waals surface area contributed by atoms with E-state index in [4.69, 9.17) is 4.74 Å². The summed E-state index contributed by atoms with van der Waals surface area (Å²) in [4.78, 5) is 35.1. The maximum Gasteiger partial charge on any atom is 0.355 e. The van der Waals surface area contributed by atoms with Crippen LogP contribution < -0.4 is 26.7 Å². The van der Waals surface area contributed by atoms with Crippen molar-refractivity contribution < 1.29 is 9.13 Å². The zero-order valence-corrected chi connectivity index (χ0v) is 20.8. The number of anilines is 2. The standard InChI is InChI=1S/C27H29FN6O3/c1-3-14-29-24-21(5-4-15-30-24)16-31-25-32-26(35)34(18-19-6-10-22(28)11-7-19)27(36)33(25)17-20-8-12-23(37-2)13-9-20/h4-13,15H,3,14,16-18H2,1-2H3,(H,29,30)(H,31,32,35). The first kappa shape index (κ1) is 25.6. The molecule has 0 fully saturated rings. The molecule has 192 valence electrons. The molecule has 2 N–H and O–H groups in total. The number of rotatable bonds is 11. The second-order valence-corrected chi connectivity index (χ2v) is 8.44. The predicted molar refractivity (Wildman–Crippen MR) is 141 cm³/mol. The third-order valence-electron chi connectivity index (χ3n) is 5.77. The van der Waals surface area contributed by atoms with Crippen LogP contribution in [-0.2, 0) is 19.6 Å². The monoisotopic (exact) mass is 504 g/mol. The molecular weight excluding hydrogens is 475 g/mol. The Bertz CT molecular complexity index is 1450. The predicted octanol–water partition coefficient (Wildman–Crippen LogP) is 3.48. The van der Waals surface area contributed by atoms with Gasteiger partial charge in [-0.1, -0.05) is 37.3 Å². The third kappa shape index (κ3) is 6.40. The number of pyridine rings is 1. The van der Waals surface area contributed by atoms with E-state index in [0.29, 0.717) is 17.9 Å². The van der Waals surface area contributed by atoms with Crippen molar-refractivity contribution in [2.24, 2.45) is 0 Å². The van der Waals surface area contributed by atoms with Crippen LogP contribution in [0.2, 0.25) is 0 Å². The second-order valence-electron chi connectivity index (χ2n) is 8.44. The summed E-state index contributed by atoms with van der Waals surface area (Å²) in [6.07, 6.45) is 2.65. The highest BCUT2D eigenvalue weighted by Crippen LogP contribution is 2.15. The molecule has 0 atom stereocenters. The lowest BCUT2D eigenvalue weighted by atomic mass is 10.2. The highest BCUT2D eigenvalue weighted by molar-refractivity contribution is 5.45. The Kier molecular flexibility index (Phi) is 8.29. The van der Waals surface area contributed by atoms with Crippen molar-refractivity contribution in [3.05, 3.63) is 110 Å². The summed E-state index contributed by atoms with van der Waals surface area (Å²) in [6, 6.07) is 16.7. The number of nitrogens with one attached hydrogen (secondary N) is 2. The Morgan fingerprint density at radius 3 is 2.27 bits per heavy atom. The molecule has 2 aromatic carbocycles. The topological polar surface area (TPSA) is 103 Å². The van der Waals surface area contributed by atoms with Gasteiger partial charge in [0, 0.05) is 24.8 Å². The molecule has 37 heavy (non-hydrogen) atoms. The number of nitrogens with zero attached hydrogens (tertiary/aromatic N) is 4. The normalized spacial score (nSPS) is 10.8. The number of hydrogen-bond acceptors (Lipinski definition) is 7. The van der Waals surface area contributed by atoms with Gasteiger partial charge in [0.1, 0.15) is 17.4 Å². The van der Waals surface area contributed by atoms with E-state index in [1.54, 1.807) is 25.4 Å². The largest absolute Gasteiger partial charge is 0.497 e. The Labute approximate surface area is 213 Å². The van der Waals surface area contributed by atoms with Gasteiger partial charge in [-0.2, -0.15) is 4.98 Å². The number of halogens is 1. The van der Waals surface area contributed by atoms with Gasteiger partial charge in [0.25, 0.3) is 0 Å². The molecule has 4 rings (SSSR count).